The first-order valence-corrected chi connectivity index (χ1v) is 9.10. The second-order valence-corrected chi connectivity index (χ2v) is 6.74. The molecule has 0 radical (unpaired) electrons. The van der Waals surface area contributed by atoms with E-state index in [1.165, 1.54) is 16.8 Å². The summed E-state index contributed by atoms with van der Waals surface area (Å²) in [5.41, 5.74) is 9.05. The summed E-state index contributed by atoms with van der Waals surface area (Å²) in [5, 5.41) is 23.7. The predicted octanol–water partition coefficient (Wildman–Crippen LogP) is 3.11. The van der Waals surface area contributed by atoms with Crippen molar-refractivity contribution in [3.63, 3.8) is 0 Å². The van der Waals surface area contributed by atoms with Crippen molar-refractivity contribution in [2.75, 3.05) is 7.11 Å². The van der Waals surface area contributed by atoms with Crippen molar-refractivity contribution < 1.29 is 19.4 Å². The van der Waals surface area contributed by atoms with E-state index in [9.17, 15) is 15.2 Å². The largest absolute Gasteiger partial charge is 0.496 e. The summed E-state index contributed by atoms with van der Waals surface area (Å²) < 4.78 is 12.8. The number of carboxylic acids is 1. The maximum absolute atomic E-state index is 11.4. The van der Waals surface area contributed by atoms with Gasteiger partial charge in [-0.1, -0.05) is 24.3 Å². The monoisotopic (exact) mass is 402 g/mol. The zero-order chi connectivity index (χ0) is 21.4. The number of nitrogens with zero attached hydrogens (tertiary/aromatic N) is 3. The molecule has 0 fully saturated rings. The molecule has 1 aliphatic rings. The number of fused-ring (bicyclic) bond motifs is 1. The molecule has 1 aliphatic heterocycles. The standard InChI is InChI=1S/C22H18N4O4/c1-12-18-19(15-8-3-4-9-17(15)29-2)16(11-23)20(24)30-21(18)26(25-12)14-7-5-6-13(10-14)22(27)28/h3-10,19H,24H2,1-2H3,(H,27,28). The van der Waals surface area contributed by atoms with Crippen LogP contribution in [0.15, 0.2) is 60.0 Å². The second kappa shape index (κ2) is 7.29. The van der Waals surface area contributed by atoms with Gasteiger partial charge in [-0.2, -0.15) is 10.4 Å². The lowest BCUT2D eigenvalue weighted by atomic mass is 9.83. The van der Waals surface area contributed by atoms with Gasteiger partial charge in [0.1, 0.15) is 17.4 Å². The number of aromatic nitrogens is 2. The number of para-hydroxylation sites is 1. The number of rotatable bonds is 4. The number of hydrogen-bond acceptors (Lipinski definition) is 6. The third-order valence-corrected chi connectivity index (χ3v) is 5.02. The van der Waals surface area contributed by atoms with E-state index in [0.717, 1.165) is 5.56 Å². The van der Waals surface area contributed by atoms with Crippen molar-refractivity contribution in [2.24, 2.45) is 5.73 Å². The van der Waals surface area contributed by atoms with Crippen LogP contribution in [0.25, 0.3) is 5.69 Å². The first-order valence-electron chi connectivity index (χ1n) is 9.10. The molecule has 3 N–H and O–H groups in total. The van der Waals surface area contributed by atoms with Gasteiger partial charge in [0.25, 0.3) is 0 Å². The highest BCUT2D eigenvalue weighted by molar-refractivity contribution is 5.88. The van der Waals surface area contributed by atoms with Crippen LogP contribution in [0, 0.1) is 18.3 Å². The minimum Gasteiger partial charge on any atom is -0.496 e. The number of aryl methyl sites for hydroxylation is 1. The maximum atomic E-state index is 11.4. The van der Waals surface area contributed by atoms with Crippen LogP contribution in [-0.4, -0.2) is 28.0 Å². The van der Waals surface area contributed by atoms with Gasteiger partial charge in [0.2, 0.25) is 11.8 Å². The molecule has 150 valence electrons. The molecule has 2 heterocycles. The van der Waals surface area contributed by atoms with Crippen LogP contribution in [0.1, 0.15) is 33.1 Å². The Hall–Kier alpha value is -4.25. The average Bonchev–Trinajstić information content (AvgIpc) is 3.08. The summed E-state index contributed by atoms with van der Waals surface area (Å²) >= 11 is 0. The normalized spacial score (nSPS) is 15.2. The highest BCUT2D eigenvalue weighted by atomic mass is 16.5. The number of ether oxygens (including phenoxy) is 2. The number of nitriles is 1. The molecular formula is C22H18N4O4. The summed E-state index contributed by atoms with van der Waals surface area (Å²) in [6.07, 6.45) is 0. The molecule has 0 saturated heterocycles. The van der Waals surface area contributed by atoms with E-state index in [4.69, 9.17) is 15.2 Å². The zero-order valence-electron chi connectivity index (χ0n) is 16.3. The lowest BCUT2D eigenvalue weighted by Gasteiger charge is -2.26. The van der Waals surface area contributed by atoms with E-state index < -0.39 is 11.9 Å². The number of aromatic carboxylic acids is 1. The third kappa shape index (κ3) is 2.93. The molecule has 30 heavy (non-hydrogen) atoms. The Balaban J connectivity index is 1.96. The van der Waals surface area contributed by atoms with Gasteiger partial charge in [0.05, 0.1) is 35.5 Å². The molecule has 1 aromatic heterocycles. The van der Waals surface area contributed by atoms with E-state index in [2.05, 4.69) is 11.2 Å². The number of carbonyl (C=O) groups is 1. The minimum absolute atomic E-state index is 0.0311. The SMILES string of the molecule is COc1ccccc1C1C(C#N)=C(N)Oc2c1c(C)nn2-c1cccc(C(=O)O)c1. The van der Waals surface area contributed by atoms with Crippen molar-refractivity contribution in [3.05, 3.63) is 82.4 Å². The van der Waals surface area contributed by atoms with Crippen molar-refractivity contribution in [1.29, 1.82) is 5.26 Å². The molecule has 0 bridgehead atoms. The number of hydrogen-bond donors (Lipinski definition) is 2. The van der Waals surface area contributed by atoms with Gasteiger partial charge in [0.15, 0.2) is 0 Å². The Morgan fingerprint density at radius 3 is 2.77 bits per heavy atom. The molecular weight excluding hydrogens is 384 g/mol. The van der Waals surface area contributed by atoms with Gasteiger partial charge in [-0.05, 0) is 31.2 Å². The number of nitrogens with two attached hydrogens (primary N) is 1. The molecule has 0 spiro atoms. The molecule has 2 aromatic carbocycles. The van der Waals surface area contributed by atoms with E-state index in [1.807, 2.05) is 24.3 Å². The Morgan fingerprint density at radius 2 is 2.07 bits per heavy atom. The van der Waals surface area contributed by atoms with Gasteiger partial charge in [-0.3, -0.25) is 0 Å². The lowest BCUT2D eigenvalue weighted by Crippen LogP contribution is -2.22. The lowest BCUT2D eigenvalue weighted by molar-refractivity contribution is 0.0697. The number of allylic oxidation sites excluding steroid dienone is 1. The van der Waals surface area contributed by atoms with E-state index in [1.54, 1.807) is 26.2 Å². The summed E-state index contributed by atoms with van der Waals surface area (Å²) in [5.74, 6) is -0.672. The molecule has 0 aliphatic carbocycles. The Bertz CT molecular complexity index is 1240. The molecule has 0 amide bonds. The van der Waals surface area contributed by atoms with Crippen molar-refractivity contribution in [3.8, 4) is 23.4 Å². The second-order valence-electron chi connectivity index (χ2n) is 6.74. The highest BCUT2D eigenvalue weighted by Crippen LogP contribution is 2.46. The Kier molecular flexibility index (Phi) is 4.64. The quantitative estimate of drug-likeness (QED) is 0.687. The first kappa shape index (κ1) is 19.1. The van der Waals surface area contributed by atoms with Crippen LogP contribution in [0.2, 0.25) is 0 Å². The average molecular weight is 402 g/mol. The summed E-state index contributed by atoms with van der Waals surface area (Å²) in [6.45, 7) is 1.80. The fourth-order valence-electron chi connectivity index (χ4n) is 3.68. The van der Waals surface area contributed by atoms with Crippen LogP contribution in [0.4, 0.5) is 0 Å². The number of methoxy groups -OCH3 is 1. The molecule has 4 rings (SSSR count). The smallest absolute Gasteiger partial charge is 0.335 e. The molecule has 3 aromatic rings. The fourth-order valence-corrected chi connectivity index (χ4v) is 3.68. The number of carboxylic acid groups (broad SMARTS) is 1. The maximum Gasteiger partial charge on any atom is 0.335 e. The van der Waals surface area contributed by atoms with Gasteiger partial charge >= 0.3 is 5.97 Å². The predicted molar refractivity (Wildman–Crippen MR) is 108 cm³/mol. The van der Waals surface area contributed by atoms with Crippen LogP contribution in [0.3, 0.4) is 0 Å². The van der Waals surface area contributed by atoms with Crippen LogP contribution in [-0.2, 0) is 0 Å². The highest BCUT2D eigenvalue weighted by Gasteiger charge is 2.37. The number of benzene rings is 2. The molecule has 8 heteroatoms. The summed E-state index contributed by atoms with van der Waals surface area (Å²) in [4.78, 5) is 11.4. The van der Waals surface area contributed by atoms with Gasteiger partial charge in [0, 0.05) is 5.56 Å². The van der Waals surface area contributed by atoms with Gasteiger partial charge in [-0.15, -0.1) is 0 Å². The molecule has 1 unspecified atom stereocenters. The first-order chi connectivity index (χ1) is 14.5. The van der Waals surface area contributed by atoms with Crippen LogP contribution < -0.4 is 15.2 Å². The van der Waals surface area contributed by atoms with E-state index in [0.29, 0.717) is 28.6 Å². The van der Waals surface area contributed by atoms with Gasteiger partial charge < -0.3 is 20.3 Å². The molecule has 0 saturated carbocycles. The molecule has 1 atom stereocenters. The molecule has 8 nitrogen and oxygen atoms in total. The minimum atomic E-state index is -1.05. The Morgan fingerprint density at radius 1 is 1.30 bits per heavy atom. The van der Waals surface area contributed by atoms with Crippen molar-refractivity contribution in [1.82, 2.24) is 9.78 Å². The zero-order valence-corrected chi connectivity index (χ0v) is 16.3. The topological polar surface area (TPSA) is 123 Å². The van der Waals surface area contributed by atoms with Gasteiger partial charge in [-0.25, -0.2) is 9.48 Å². The Labute approximate surface area is 172 Å². The third-order valence-electron chi connectivity index (χ3n) is 5.02. The van der Waals surface area contributed by atoms with E-state index >= 15 is 0 Å². The van der Waals surface area contributed by atoms with Crippen molar-refractivity contribution in [2.45, 2.75) is 12.8 Å². The summed E-state index contributed by atoms with van der Waals surface area (Å²) in [7, 11) is 1.56. The van der Waals surface area contributed by atoms with Crippen molar-refractivity contribution >= 4 is 5.97 Å². The fraction of sp³-hybridized carbons (Fsp3) is 0.136. The van der Waals surface area contributed by atoms with E-state index in [-0.39, 0.29) is 17.0 Å². The summed E-state index contributed by atoms with van der Waals surface area (Å²) in [6, 6.07) is 15.9. The van der Waals surface area contributed by atoms with Crippen LogP contribution >= 0.6 is 0 Å². The van der Waals surface area contributed by atoms with Crippen LogP contribution in [0.5, 0.6) is 11.6 Å².